The van der Waals surface area contributed by atoms with Crippen LogP contribution in [-0.4, -0.2) is 16.1 Å². The summed E-state index contributed by atoms with van der Waals surface area (Å²) in [6, 6.07) is 11.0. The van der Waals surface area contributed by atoms with Crippen LogP contribution >= 0.6 is 34.5 Å². The number of carbonyl (C=O) groups excluding carboxylic acids is 1. The molecule has 0 aliphatic heterocycles. The number of hydrogen-bond donors (Lipinski definition) is 1. The number of hydrogen-bond acceptors (Lipinski definition) is 4. The molecule has 1 aromatic heterocycles. The van der Waals surface area contributed by atoms with Crippen molar-refractivity contribution in [3.05, 3.63) is 63.1 Å². The van der Waals surface area contributed by atoms with E-state index in [-0.39, 0.29) is 5.91 Å². The Morgan fingerprint density at radius 3 is 2.42 bits per heavy atom. The first-order valence-corrected chi connectivity index (χ1v) is 8.69. The summed E-state index contributed by atoms with van der Waals surface area (Å²) in [5.74, 6) is -0.192. The Morgan fingerprint density at radius 2 is 1.75 bits per heavy atom. The maximum Gasteiger partial charge on any atom is 0.258 e. The number of nitrogens with zero attached hydrogens (tertiary/aromatic N) is 2. The predicted octanol–water partition coefficient (Wildman–Crippen LogP) is 5.38. The van der Waals surface area contributed by atoms with Crippen molar-refractivity contribution < 1.29 is 4.79 Å². The fraction of sp³-hybridized carbons (Fsp3) is 0.118. The Bertz CT molecular complexity index is 904. The van der Waals surface area contributed by atoms with Crippen LogP contribution in [-0.2, 0) is 0 Å². The van der Waals surface area contributed by atoms with Crippen molar-refractivity contribution in [2.75, 3.05) is 5.32 Å². The molecule has 0 bridgehead atoms. The van der Waals surface area contributed by atoms with Crippen molar-refractivity contribution in [1.82, 2.24) is 10.2 Å². The normalized spacial score (nSPS) is 10.7. The van der Waals surface area contributed by atoms with E-state index in [0.717, 1.165) is 16.7 Å². The van der Waals surface area contributed by atoms with Gasteiger partial charge in [-0.3, -0.25) is 10.1 Å². The summed E-state index contributed by atoms with van der Waals surface area (Å²) in [6.07, 6.45) is 0. The quantitative estimate of drug-likeness (QED) is 0.666. The van der Waals surface area contributed by atoms with E-state index in [1.54, 1.807) is 12.1 Å². The van der Waals surface area contributed by atoms with Crippen molar-refractivity contribution in [2.24, 2.45) is 0 Å². The van der Waals surface area contributed by atoms with E-state index in [0.29, 0.717) is 25.7 Å². The van der Waals surface area contributed by atoms with Crippen LogP contribution in [0.15, 0.2) is 36.4 Å². The number of nitrogens with one attached hydrogen (secondary N) is 1. The molecular formula is C17H13Cl2N3OS. The lowest BCUT2D eigenvalue weighted by molar-refractivity contribution is 0.102. The van der Waals surface area contributed by atoms with Crippen molar-refractivity contribution in [2.45, 2.75) is 13.8 Å². The number of aromatic nitrogens is 2. The fourth-order valence-electron chi connectivity index (χ4n) is 2.35. The van der Waals surface area contributed by atoms with Crippen LogP contribution < -0.4 is 5.32 Å². The van der Waals surface area contributed by atoms with Gasteiger partial charge in [-0.15, -0.1) is 10.2 Å². The van der Waals surface area contributed by atoms with E-state index in [2.05, 4.69) is 15.5 Å². The molecule has 0 saturated heterocycles. The average molecular weight is 378 g/mol. The van der Waals surface area contributed by atoms with Crippen LogP contribution in [0.4, 0.5) is 5.13 Å². The van der Waals surface area contributed by atoms with Gasteiger partial charge < -0.3 is 0 Å². The number of halogens is 2. The lowest BCUT2D eigenvalue weighted by atomic mass is 10.0. The second-order valence-corrected chi connectivity index (χ2v) is 7.05. The molecule has 1 N–H and O–H groups in total. The Balaban J connectivity index is 1.83. The zero-order chi connectivity index (χ0) is 17.3. The van der Waals surface area contributed by atoms with E-state index in [1.165, 1.54) is 11.3 Å². The van der Waals surface area contributed by atoms with Gasteiger partial charge in [0.25, 0.3) is 5.91 Å². The average Bonchev–Trinajstić information content (AvgIpc) is 2.98. The number of carbonyl (C=O) groups is 1. The molecule has 24 heavy (non-hydrogen) atoms. The first-order chi connectivity index (χ1) is 11.5. The highest BCUT2D eigenvalue weighted by Gasteiger charge is 2.15. The number of aryl methyl sites for hydroxylation is 2. The number of rotatable bonds is 3. The number of amides is 1. The van der Waals surface area contributed by atoms with E-state index >= 15 is 0 Å². The van der Waals surface area contributed by atoms with Crippen molar-refractivity contribution in [1.29, 1.82) is 0 Å². The van der Waals surface area contributed by atoms with Crippen molar-refractivity contribution in [3.63, 3.8) is 0 Å². The van der Waals surface area contributed by atoms with E-state index in [1.807, 2.05) is 38.1 Å². The Hall–Kier alpha value is -1.95. The van der Waals surface area contributed by atoms with Crippen LogP contribution in [0.2, 0.25) is 10.0 Å². The second-order valence-electron chi connectivity index (χ2n) is 5.26. The van der Waals surface area contributed by atoms with E-state index in [4.69, 9.17) is 23.2 Å². The molecular weight excluding hydrogens is 365 g/mol. The third-order valence-electron chi connectivity index (χ3n) is 3.52. The molecule has 3 aromatic rings. The maximum atomic E-state index is 12.5. The fourth-order valence-corrected chi connectivity index (χ4v) is 3.38. The van der Waals surface area contributed by atoms with Crippen molar-refractivity contribution >= 4 is 45.6 Å². The zero-order valence-corrected chi connectivity index (χ0v) is 15.3. The summed E-state index contributed by atoms with van der Waals surface area (Å²) < 4.78 is 0. The molecule has 1 amide bonds. The highest BCUT2D eigenvalue weighted by Crippen LogP contribution is 2.31. The summed E-state index contributed by atoms with van der Waals surface area (Å²) in [7, 11) is 0. The molecule has 0 aliphatic carbocycles. The first-order valence-electron chi connectivity index (χ1n) is 7.12. The monoisotopic (exact) mass is 377 g/mol. The van der Waals surface area contributed by atoms with E-state index < -0.39 is 0 Å². The number of anilines is 1. The standard InChI is InChI=1S/C17H13Cl2N3OS/c1-9-4-3-5-10(2)14(9)15(23)20-17-22-21-16(24-17)11-6-7-12(18)13(19)8-11/h3-8H,1-2H3,(H,20,22,23). The van der Waals surface area contributed by atoms with Crippen LogP contribution in [0.25, 0.3) is 10.6 Å². The van der Waals surface area contributed by atoms with Gasteiger partial charge >= 0.3 is 0 Å². The van der Waals surface area contributed by atoms with Gasteiger partial charge in [-0.2, -0.15) is 0 Å². The minimum absolute atomic E-state index is 0.192. The lowest BCUT2D eigenvalue weighted by Gasteiger charge is -2.08. The maximum absolute atomic E-state index is 12.5. The lowest BCUT2D eigenvalue weighted by Crippen LogP contribution is -2.14. The second kappa shape index (κ2) is 6.89. The SMILES string of the molecule is Cc1cccc(C)c1C(=O)Nc1nnc(-c2ccc(Cl)c(Cl)c2)s1. The molecule has 0 radical (unpaired) electrons. The molecule has 7 heteroatoms. The van der Waals surface area contributed by atoms with Gasteiger partial charge in [-0.25, -0.2) is 0 Å². The molecule has 0 fully saturated rings. The third kappa shape index (κ3) is 3.43. The summed E-state index contributed by atoms with van der Waals surface area (Å²) >= 11 is 13.2. The minimum Gasteiger partial charge on any atom is -0.296 e. The molecule has 2 aromatic carbocycles. The molecule has 4 nitrogen and oxygen atoms in total. The molecule has 1 heterocycles. The van der Waals surface area contributed by atoms with Gasteiger partial charge in [0.2, 0.25) is 5.13 Å². The molecule has 0 atom stereocenters. The van der Waals surface area contributed by atoms with Crippen LogP contribution in [0.1, 0.15) is 21.5 Å². The Morgan fingerprint density at radius 1 is 1.04 bits per heavy atom. The molecule has 0 spiro atoms. The van der Waals surface area contributed by atoms with Gasteiger partial charge in [-0.1, -0.05) is 58.8 Å². The number of benzene rings is 2. The summed E-state index contributed by atoms with van der Waals surface area (Å²) in [5.41, 5.74) is 3.29. The minimum atomic E-state index is -0.192. The van der Waals surface area contributed by atoms with Gasteiger partial charge in [0.15, 0.2) is 0 Å². The zero-order valence-electron chi connectivity index (χ0n) is 12.9. The summed E-state index contributed by atoms with van der Waals surface area (Å²) in [6.45, 7) is 3.81. The van der Waals surface area contributed by atoms with Crippen molar-refractivity contribution in [3.8, 4) is 10.6 Å². The van der Waals surface area contributed by atoms with Crippen LogP contribution in [0, 0.1) is 13.8 Å². The largest absolute Gasteiger partial charge is 0.296 e. The molecule has 3 rings (SSSR count). The Labute approximate surface area is 153 Å². The highest BCUT2D eigenvalue weighted by molar-refractivity contribution is 7.18. The van der Waals surface area contributed by atoms with Gasteiger partial charge in [0.1, 0.15) is 5.01 Å². The molecule has 0 unspecified atom stereocenters. The smallest absolute Gasteiger partial charge is 0.258 e. The predicted molar refractivity (Wildman–Crippen MR) is 99.2 cm³/mol. The first kappa shape index (κ1) is 16.9. The molecule has 0 saturated carbocycles. The summed E-state index contributed by atoms with van der Waals surface area (Å²) in [5, 5.41) is 13.0. The highest BCUT2D eigenvalue weighted by atomic mass is 35.5. The van der Waals surface area contributed by atoms with Gasteiger partial charge in [0.05, 0.1) is 10.0 Å². The van der Waals surface area contributed by atoms with Gasteiger partial charge in [-0.05, 0) is 37.1 Å². The molecule has 122 valence electrons. The van der Waals surface area contributed by atoms with Crippen LogP contribution in [0.5, 0.6) is 0 Å². The third-order valence-corrected chi connectivity index (χ3v) is 5.15. The van der Waals surface area contributed by atoms with E-state index in [9.17, 15) is 4.79 Å². The van der Waals surface area contributed by atoms with Gasteiger partial charge in [0, 0.05) is 11.1 Å². The summed E-state index contributed by atoms with van der Waals surface area (Å²) in [4.78, 5) is 12.5. The topological polar surface area (TPSA) is 54.9 Å². The van der Waals surface area contributed by atoms with Crippen LogP contribution in [0.3, 0.4) is 0 Å². The Kier molecular flexibility index (Phi) is 4.85. The molecule has 0 aliphatic rings.